The third-order valence-corrected chi connectivity index (χ3v) is 3.59. The monoisotopic (exact) mass is 342 g/mol. The first-order chi connectivity index (χ1) is 8.99. The zero-order valence-electron chi connectivity index (χ0n) is 9.88. The average Bonchev–Trinajstić information content (AvgIpc) is 2.37. The smallest absolute Gasteiger partial charge is 0.258 e. The summed E-state index contributed by atoms with van der Waals surface area (Å²) < 4.78 is 14.4. The third-order valence-electron chi connectivity index (χ3n) is 2.47. The van der Waals surface area contributed by atoms with E-state index in [0.29, 0.717) is 10.3 Å². The molecule has 0 saturated carbocycles. The fraction of sp³-hybridized carbons (Fsp3) is 0.0769. The van der Waals surface area contributed by atoms with E-state index in [0.717, 1.165) is 5.56 Å². The Morgan fingerprint density at radius 3 is 2.89 bits per heavy atom. The van der Waals surface area contributed by atoms with Gasteiger partial charge in [-0.15, -0.1) is 0 Å². The summed E-state index contributed by atoms with van der Waals surface area (Å²) in [6, 6.07) is 6.01. The molecule has 1 heterocycles. The third kappa shape index (κ3) is 3.11. The van der Waals surface area contributed by atoms with Crippen LogP contribution >= 0.6 is 27.5 Å². The van der Waals surface area contributed by atoms with Crippen molar-refractivity contribution in [1.29, 1.82) is 0 Å². The van der Waals surface area contributed by atoms with Gasteiger partial charge in [-0.05, 0) is 46.6 Å². The molecule has 0 bridgehead atoms. The topological polar surface area (TPSA) is 42.0 Å². The molecule has 1 amide bonds. The molecular weight excluding hydrogens is 335 g/mol. The van der Waals surface area contributed by atoms with E-state index in [9.17, 15) is 9.18 Å². The maximum Gasteiger partial charge on any atom is 0.258 e. The number of rotatable bonds is 2. The molecule has 0 atom stereocenters. The lowest BCUT2D eigenvalue weighted by molar-refractivity contribution is 0.102. The minimum atomic E-state index is -0.733. The van der Waals surface area contributed by atoms with Crippen LogP contribution in [-0.4, -0.2) is 10.9 Å². The zero-order chi connectivity index (χ0) is 14.0. The van der Waals surface area contributed by atoms with Crippen molar-refractivity contribution in [3.63, 3.8) is 0 Å². The Balaban J connectivity index is 2.26. The number of nitrogens with one attached hydrogen (secondary N) is 1. The van der Waals surface area contributed by atoms with E-state index in [2.05, 4.69) is 26.2 Å². The number of aromatic nitrogens is 1. The fourth-order valence-electron chi connectivity index (χ4n) is 1.50. The second-order valence-corrected chi connectivity index (χ2v) is 5.05. The van der Waals surface area contributed by atoms with Gasteiger partial charge in [0, 0.05) is 0 Å². The zero-order valence-corrected chi connectivity index (χ0v) is 12.2. The standard InChI is InChI=1S/C13H9BrClFN2O/c1-7-5-8(6-17-12(7)14)18-13(19)9-3-2-4-10(15)11(9)16/h2-6H,1H3,(H,18,19). The highest BCUT2D eigenvalue weighted by Gasteiger charge is 2.14. The van der Waals surface area contributed by atoms with Crippen LogP contribution in [0.5, 0.6) is 0 Å². The van der Waals surface area contributed by atoms with Crippen molar-refractivity contribution in [1.82, 2.24) is 4.98 Å². The molecule has 2 aromatic rings. The number of anilines is 1. The number of hydrogen-bond acceptors (Lipinski definition) is 2. The van der Waals surface area contributed by atoms with E-state index >= 15 is 0 Å². The van der Waals surface area contributed by atoms with Crippen molar-refractivity contribution in [2.45, 2.75) is 6.92 Å². The minimum absolute atomic E-state index is 0.0854. The molecule has 0 saturated heterocycles. The molecule has 1 N–H and O–H groups in total. The number of halogens is 3. The Bertz CT molecular complexity index is 649. The van der Waals surface area contributed by atoms with Crippen molar-refractivity contribution < 1.29 is 9.18 Å². The van der Waals surface area contributed by atoms with Gasteiger partial charge in [-0.3, -0.25) is 4.79 Å². The number of benzene rings is 1. The van der Waals surface area contributed by atoms with Crippen LogP contribution in [0, 0.1) is 12.7 Å². The number of hydrogen-bond donors (Lipinski definition) is 1. The van der Waals surface area contributed by atoms with Crippen molar-refractivity contribution in [3.05, 3.63) is 57.0 Å². The highest BCUT2D eigenvalue weighted by atomic mass is 79.9. The molecule has 6 heteroatoms. The number of carbonyl (C=O) groups is 1. The summed E-state index contributed by atoms with van der Waals surface area (Å²) in [5, 5.41) is 2.49. The molecule has 2 rings (SSSR count). The molecule has 0 spiro atoms. The Hall–Kier alpha value is -1.46. The van der Waals surface area contributed by atoms with Crippen LogP contribution in [0.15, 0.2) is 35.1 Å². The Kier molecular flexibility index (Phi) is 4.17. The minimum Gasteiger partial charge on any atom is -0.320 e. The Morgan fingerprint density at radius 1 is 1.47 bits per heavy atom. The maximum atomic E-state index is 13.7. The van der Waals surface area contributed by atoms with Crippen LogP contribution in [0.4, 0.5) is 10.1 Å². The lowest BCUT2D eigenvalue weighted by Gasteiger charge is -2.07. The van der Waals surface area contributed by atoms with Crippen LogP contribution in [0.25, 0.3) is 0 Å². The van der Waals surface area contributed by atoms with Gasteiger partial charge in [0.1, 0.15) is 4.60 Å². The molecule has 0 aliphatic heterocycles. The highest BCUT2D eigenvalue weighted by Crippen LogP contribution is 2.20. The van der Waals surface area contributed by atoms with E-state index in [4.69, 9.17) is 11.6 Å². The molecule has 0 aliphatic carbocycles. The van der Waals surface area contributed by atoms with Crippen LogP contribution in [0.1, 0.15) is 15.9 Å². The largest absolute Gasteiger partial charge is 0.320 e. The quantitative estimate of drug-likeness (QED) is 0.831. The average molecular weight is 344 g/mol. The van der Waals surface area contributed by atoms with Crippen LogP contribution < -0.4 is 5.32 Å². The normalized spacial score (nSPS) is 10.3. The number of nitrogens with zero attached hydrogens (tertiary/aromatic N) is 1. The summed E-state index contributed by atoms with van der Waals surface area (Å²) in [6.45, 7) is 1.84. The van der Waals surface area contributed by atoms with E-state index in [1.807, 2.05) is 6.92 Å². The van der Waals surface area contributed by atoms with Crippen molar-refractivity contribution in [2.75, 3.05) is 5.32 Å². The summed E-state index contributed by atoms with van der Waals surface area (Å²) in [6.07, 6.45) is 1.48. The van der Waals surface area contributed by atoms with Crippen LogP contribution in [0.3, 0.4) is 0 Å². The second-order valence-electron chi connectivity index (χ2n) is 3.89. The van der Waals surface area contributed by atoms with Gasteiger partial charge < -0.3 is 5.32 Å². The summed E-state index contributed by atoms with van der Waals surface area (Å²) in [7, 11) is 0. The van der Waals surface area contributed by atoms with Gasteiger partial charge in [-0.1, -0.05) is 17.7 Å². The molecule has 1 aromatic heterocycles. The van der Waals surface area contributed by atoms with Gasteiger partial charge in [0.15, 0.2) is 5.82 Å². The summed E-state index contributed by atoms with van der Waals surface area (Å²) in [5.41, 5.74) is 1.25. The lowest BCUT2D eigenvalue weighted by Crippen LogP contribution is -2.14. The summed E-state index contributed by atoms with van der Waals surface area (Å²) >= 11 is 8.89. The van der Waals surface area contributed by atoms with Gasteiger partial charge in [-0.25, -0.2) is 9.37 Å². The first-order valence-corrected chi connectivity index (χ1v) is 6.53. The van der Waals surface area contributed by atoms with Crippen molar-refractivity contribution >= 4 is 39.1 Å². The summed E-state index contributed by atoms with van der Waals surface area (Å²) in [5.74, 6) is -1.30. The number of aryl methyl sites for hydroxylation is 1. The van der Waals surface area contributed by atoms with Crippen molar-refractivity contribution in [2.24, 2.45) is 0 Å². The predicted octanol–water partition coefficient (Wildman–Crippen LogP) is 4.20. The van der Waals surface area contributed by atoms with Gasteiger partial charge in [0.05, 0.1) is 22.5 Å². The SMILES string of the molecule is Cc1cc(NC(=O)c2cccc(Cl)c2F)cnc1Br. The van der Waals surface area contributed by atoms with Gasteiger partial charge in [0.2, 0.25) is 0 Å². The first kappa shape index (κ1) is 14.0. The molecule has 0 fully saturated rings. The van der Waals surface area contributed by atoms with Gasteiger partial charge in [-0.2, -0.15) is 0 Å². The molecular formula is C13H9BrClFN2O. The maximum absolute atomic E-state index is 13.7. The summed E-state index contributed by atoms with van der Waals surface area (Å²) in [4.78, 5) is 16.0. The fourth-order valence-corrected chi connectivity index (χ4v) is 1.90. The van der Waals surface area contributed by atoms with E-state index in [1.54, 1.807) is 6.07 Å². The molecule has 3 nitrogen and oxygen atoms in total. The molecule has 19 heavy (non-hydrogen) atoms. The van der Waals surface area contributed by atoms with Gasteiger partial charge >= 0.3 is 0 Å². The van der Waals surface area contributed by atoms with E-state index in [-0.39, 0.29) is 10.6 Å². The molecule has 0 aliphatic rings. The molecule has 0 radical (unpaired) electrons. The Morgan fingerprint density at radius 2 is 2.21 bits per heavy atom. The number of amides is 1. The molecule has 98 valence electrons. The van der Waals surface area contributed by atoms with Crippen LogP contribution in [-0.2, 0) is 0 Å². The van der Waals surface area contributed by atoms with Crippen LogP contribution in [0.2, 0.25) is 5.02 Å². The number of pyridine rings is 1. The van der Waals surface area contributed by atoms with E-state index < -0.39 is 11.7 Å². The highest BCUT2D eigenvalue weighted by molar-refractivity contribution is 9.10. The Labute approximate surface area is 122 Å². The number of carbonyl (C=O) groups excluding carboxylic acids is 1. The molecule has 1 aromatic carbocycles. The molecule has 0 unspecified atom stereocenters. The second kappa shape index (κ2) is 5.67. The van der Waals surface area contributed by atoms with Gasteiger partial charge in [0.25, 0.3) is 5.91 Å². The predicted molar refractivity (Wildman–Crippen MR) is 76.0 cm³/mol. The first-order valence-electron chi connectivity index (χ1n) is 5.36. The van der Waals surface area contributed by atoms with Crippen molar-refractivity contribution in [3.8, 4) is 0 Å². The lowest BCUT2D eigenvalue weighted by atomic mass is 10.2. The van der Waals surface area contributed by atoms with E-state index in [1.165, 1.54) is 24.4 Å².